The Labute approximate surface area is 110 Å². The molecular formula is C15H17F3O. The van der Waals surface area contributed by atoms with Crippen LogP contribution in [0.25, 0.3) is 11.0 Å². The Hall–Kier alpha value is -1.45. The third-order valence-electron chi connectivity index (χ3n) is 3.44. The number of rotatable bonds is 2. The van der Waals surface area contributed by atoms with E-state index in [9.17, 15) is 13.2 Å². The predicted octanol–water partition coefficient (Wildman–Crippen LogP) is 5.18. The molecule has 2 rings (SSSR count). The lowest BCUT2D eigenvalue weighted by Crippen LogP contribution is -2.34. The SMILES string of the molecule is Cc1cc2c(C)cc(CC(C)(C)C(F)(F)F)cc2o1. The summed E-state index contributed by atoms with van der Waals surface area (Å²) in [7, 11) is 0. The van der Waals surface area contributed by atoms with Crippen LogP contribution in [0.2, 0.25) is 0 Å². The third-order valence-corrected chi connectivity index (χ3v) is 3.44. The van der Waals surface area contributed by atoms with Crippen LogP contribution in [0.15, 0.2) is 22.6 Å². The zero-order valence-electron chi connectivity index (χ0n) is 11.5. The lowest BCUT2D eigenvalue weighted by Gasteiger charge is -2.27. The number of hydrogen-bond donors (Lipinski definition) is 0. The van der Waals surface area contributed by atoms with Gasteiger partial charge in [0.25, 0.3) is 0 Å². The zero-order valence-corrected chi connectivity index (χ0v) is 11.5. The second kappa shape index (κ2) is 4.29. The molecule has 0 amide bonds. The number of fused-ring (bicyclic) bond motifs is 1. The molecule has 19 heavy (non-hydrogen) atoms. The Kier molecular flexibility index (Phi) is 3.15. The van der Waals surface area contributed by atoms with E-state index < -0.39 is 11.6 Å². The first-order chi connectivity index (χ1) is 8.60. The van der Waals surface area contributed by atoms with Gasteiger partial charge < -0.3 is 4.42 Å². The maximum absolute atomic E-state index is 12.9. The van der Waals surface area contributed by atoms with Crippen LogP contribution in [0.1, 0.15) is 30.7 Å². The van der Waals surface area contributed by atoms with E-state index in [4.69, 9.17) is 4.42 Å². The Morgan fingerprint density at radius 1 is 1.05 bits per heavy atom. The first-order valence-corrected chi connectivity index (χ1v) is 6.16. The van der Waals surface area contributed by atoms with Gasteiger partial charge in [-0.3, -0.25) is 0 Å². The van der Waals surface area contributed by atoms with Gasteiger partial charge in [0, 0.05) is 5.39 Å². The molecule has 0 saturated carbocycles. The average Bonchev–Trinajstić information content (AvgIpc) is 2.56. The Morgan fingerprint density at radius 3 is 2.26 bits per heavy atom. The Bertz CT molecular complexity index is 606. The summed E-state index contributed by atoms with van der Waals surface area (Å²) in [6, 6.07) is 5.43. The minimum atomic E-state index is -4.21. The summed E-state index contributed by atoms with van der Waals surface area (Å²) in [6.07, 6.45) is -4.26. The molecule has 0 aliphatic carbocycles. The van der Waals surface area contributed by atoms with E-state index in [2.05, 4.69) is 0 Å². The van der Waals surface area contributed by atoms with Crippen molar-refractivity contribution in [2.75, 3.05) is 0 Å². The van der Waals surface area contributed by atoms with Gasteiger partial charge in [-0.15, -0.1) is 0 Å². The molecule has 1 aromatic carbocycles. The molecule has 2 aromatic rings. The standard InChI is InChI=1S/C15H17F3O/c1-9-5-11(8-14(3,4)15(16,17)18)7-13-12(9)6-10(2)19-13/h5-7H,8H2,1-4H3. The topological polar surface area (TPSA) is 13.1 Å². The average molecular weight is 270 g/mol. The van der Waals surface area contributed by atoms with Crippen molar-refractivity contribution >= 4 is 11.0 Å². The van der Waals surface area contributed by atoms with Crippen LogP contribution in [-0.2, 0) is 6.42 Å². The highest BCUT2D eigenvalue weighted by Crippen LogP contribution is 2.40. The van der Waals surface area contributed by atoms with E-state index >= 15 is 0 Å². The number of furan rings is 1. The smallest absolute Gasteiger partial charge is 0.394 e. The van der Waals surface area contributed by atoms with E-state index in [1.807, 2.05) is 26.0 Å². The molecule has 0 bridgehead atoms. The molecule has 0 fully saturated rings. The molecule has 104 valence electrons. The van der Waals surface area contributed by atoms with Crippen molar-refractivity contribution < 1.29 is 17.6 Å². The molecule has 0 radical (unpaired) electrons. The van der Waals surface area contributed by atoms with Crippen molar-refractivity contribution in [3.8, 4) is 0 Å². The maximum atomic E-state index is 12.9. The van der Waals surface area contributed by atoms with Crippen molar-refractivity contribution in [2.45, 2.75) is 40.3 Å². The second-order valence-corrected chi connectivity index (χ2v) is 5.74. The highest BCUT2D eigenvalue weighted by atomic mass is 19.4. The quantitative estimate of drug-likeness (QED) is 0.732. The van der Waals surface area contributed by atoms with Gasteiger partial charge in [-0.25, -0.2) is 0 Å². The molecule has 0 atom stereocenters. The van der Waals surface area contributed by atoms with Crippen LogP contribution in [0.5, 0.6) is 0 Å². The molecule has 0 saturated heterocycles. The molecule has 0 N–H and O–H groups in total. The summed E-state index contributed by atoms with van der Waals surface area (Å²) in [4.78, 5) is 0. The van der Waals surface area contributed by atoms with Gasteiger partial charge in [-0.1, -0.05) is 19.9 Å². The largest absolute Gasteiger partial charge is 0.461 e. The first-order valence-electron chi connectivity index (χ1n) is 6.16. The van der Waals surface area contributed by atoms with Crippen molar-refractivity contribution in [1.82, 2.24) is 0 Å². The van der Waals surface area contributed by atoms with Crippen LogP contribution in [-0.4, -0.2) is 6.18 Å². The van der Waals surface area contributed by atoms with Gasteiger partial charge in [0.05, 0.1) is 5.41 Å². The number of hydrogen-bond acceptors (Lipinski definition) is 1. The molecule has 0 aliphatic rings. The highest BCUT2D eigenvalue weighted by molar-refractivity contribution is 5.82. The van der Waals surface area contributed by atoms with Crippen molar-refractivity contribution in [3.05, 3.63) is 35.1 Å². The molecular weight excluding hydrogens is 253 g/mol. The van der Waals surface area contributed by atoms with Crippen molar-refractivity contribution in [1.29, 1.82) is 0 Å². The minimum Gasteiger partial charge on any atom is -0.461 e. The fourth-order valence-electron chi connectivity index (χ4n) is 2.23. The summed E-state index contributed by atoms with van der Waals surface area (Å²) in [6.45, 7) is 6.17. The molecule has 1 heterocycles. The monoisotopic (exact) mass is 270 g/mol. The van der Waals surface area contributed by atoms with E-state index in [1.54, 1.807) is 6.07 Å². The summed E-state index contributed by atoms with van der Waals surface area (Å²) >= 11 is 0. The van der Waals surface area contributed by atoms with Crippen LogP contribution in [0.3, 0.4) is 0 Å². The lowest BCUT2D eigenvalue weighted by atomic mass is 9.84. The normalized spacial score (nSPS) is 13.2. The molecule has 0 aliphatic heterocycles. The summed E-state index contributed by atoms with van der Waals surface area (Å²) < 4.78 is 44.3. The molecule has 4 heteroatoms. The fraction of sp³-hybridized carbons (Fsp3) is 0.467. The van der Waals surface area contributed by atoms with Gasteiger partial charge in [-0.05, 0) is 43.5 Å². The van der Waals surface area contributed by atoms with E-state index in [-0.39, 0.29) is 6.42 Å². The van der Waals surface area contributed by atoms with Gasteiger partial charge in [0.15, 0.2) is 0 Å². The molecule has 1 nitrogen and oxygen atoms in total. The lowest BCUT2D eigenvalue weighted by molar-refractivity contribution is -0.211. The number of alkyl halides is 3. The van der Waals surface area contributed by atoms with Crippen molar-refractivity contribution in [2.24, 2.45) is 5.41 Å². The van der Waals surface area contributed by atoms with Gasteiger partial charge in [-0.2, -0.15) is 13.2 Å². The second-order valence-electron chi connectivity index (χ2n) is 5.74. The summed E-state index contributed by atoms with van der Waals surface area (Å²) in [5, 5.41) is 0.964. The Balaban J connectivity index is 2.42. The molecule has 0 spiro atoms. The maximum Gasteiger partial charge on any atom is 0.394 e. The number of halogens is 3. The van der Waals surface area contributed by atoms with Gasteiger partial charge >= 0.3 is 6.18 Å². The van der Waals surface area contributed by atoms with Gasteiger partial charge in [0.1, 0.15) is 11.3 Å². The first kappa shape index (κ1) is 14.0. The number of aryl methyl sites for hydroxylation is 2. The highest BCUT2D eigenvalue weighted by Gasteiger charge is 2.47. The van der Waals surface area contributed by atoms with E-state index in [0.29, 0.717) is 11.1 Å². The zero-order chi connectivity index (χ0) is 14.4. The van der Waals surface area contributed by atoms with Crippen molar-refractivity contribution in [3.63, 3.8) is 0 Å². The van der Waals surface area contributed by atoms with Crippen LogP contribution < -0.4 is 0 Å². The van der Waals surface area contributed by atoms with Crippen LogP contribution in [0.4, 0.5) is 13.2 Å². The van der Waals surface area contributed by atoms with Crippen LogP contribution in [0, 0.1) is 19.3 Å². The molecule has 1 aromatic heterocycles. The van der Waals surface area contributed by atoms with Gasteiger partial charge in [0.2, 0.25) is 0 Å². The summed E-state index contributed by atoms with van der Waals surface area (Å²) in [5.41, 5.74) is 0.517. The minimum absolute atomic E-state index is 0.0486. The predicted molar refractivity (Wildman–Crippen MR) is 69.2 cm³/mol. The van der Waals surface area contributed by atoms with E-state index in [0.717, 1.165) is 16.7 Å². The Morgan fingerprint density at radius 2 is 1.68 bits per heavy atom. The van der Waals surface area contributed by atoms with Crippen LogP contribution >= 0.6 is 0 Å². The third kappa shape index (κ3) is 2.62. The fourth-order valence-corrected chi connectivity index (χ4v) is 2.23. The van der Waals surface area contributed by atoms with E-state index in [1.165, 1.54) is 13.8 Å². The summed E-state index contributed by atoms with van der Waals surface area (Å²) in [5.74, 6) is 0.769. The molecule has 0 unspecified atom stereocenters. The number of benzene rings is 1.